The molecule has 0 atom stereocenters. The van der Waals surface area contributed by atoms with Crippen LogP contribution in [0.25, 0.3) is 0 Å². The lowest BCUT2D eigenvalue weighted by Gasteiger charge is -2.37. The molecule has 0 N–H and O–H groups in total. The van der Waals surface area contributed by atoms with E-state index in [1.807, 2.05) is 6.92 Å². The SMILES string of the molecule is Cc1nc2c(c(N3CCN(c4cc(C(F)F)nc(C5CC5)n4)CC3)n1)CCC2. The van der Waals surface area contributed by atoms with E-state index in [1.54, 1.807) is 0 Å². The third-order valence-corrected chi connectivity index (χ3v) is 5.84. The Morgan fingerprint density at radius 2 is 1.71 bits per heavy atom. The summed E-state index contributed by atoms with van der Waals surface area (Å²) >= 11 is 0. The van der Waals surface area contributed by atoms with Gasteiger partial charge in [-0.15, -0.1) is 0 Å². The molecule has 2 fully saturated rings. The molecule has 1 aliphatic heterocycles. The fourth-order valence-electron chi connectivity index (χ4n) is 4.21. The van der Waals surface area contributed by atoms with Gasteiger partial charge >= 0.3 is 0 Å². The van der Waals surface area contributed by atoms with Gasteiger partial charge in [0.1, 0.15) is 29.0 Å². The molecule has 3 heterocycles. The summed E-state index contributed by atoms with van der Waals surface area (Å²) in [5.41, 5.74) is 2.33. The van der Waals surface area contributed by atoms with E-state index in [0.717, 1.165) is 69.9 Å². The van der Waals surface area contributed by atoms with Crippen molar-refractivity contribution in [2.45, 2.75) is 51.4 Å². The predicted octanol–water partition coefficient (Wildman–Crippen LogP) is 3.21. The first-order chi connectivity index (χ1) is 13.6. The Bertz CT molecular complexity index is 870. The molecule has 28 heavy (non-hydrogen) atoms. The van der Waals surface area contributed by atoms with Crippen LogP contribution in [0.15, 0.2) is 6.07 Å². The van der Waals surface area contributed by atoms with E-state index in [0.29, 0.717) is 11.6 Å². The Kier molecular flexibility index (Phi) is 4.36. The van der Waals surface area contributed by atoms with Gasteiger partial charge in [0.25, 0.3) is 6.43 Å². The zero-order chi connectivity index (χ0) is 19.3. The second kappa shape index (κ2) is 6.90. The zero-order valence-corrected chi connectivity index (χ0v) is 16.0. The van der Waals surface area contributed by atoms with Crippen LogP contribution >= 0.6 is 0 Å². The van der Waals surface area contributed by atoms with Gasteiger partial charge in [-0.2, -0.15) is 0 Å². The molecule has 0 bridgehead atoms. The summed E-state index contributed by atoms with van der Waals surface area (Å²) in [5, 5.41) is 0. The molecule has 0 amide bonds. The van der Waals surface area contributed by atoms with Crippen LogP contribution in [-0.4, -0.2) is 46.1 Å². The molecule has 3 aliphatic rings. The smallest absolute Gasteiger partial charge is 0.280 e. The van der Waals surface area contributed by atoms with E-state index in [9.17, 15) is 8.78 Å². The fourth-order valence-corrected chi connectivity index (χ4v) is 4.21. The Morgan fingerprint density at radius 1 is 0.964 bits per heavy atom. The number of halogens is 2. The molecule has 2 aromatic heterocycles. The number of hydrogen-bond donors (Lipinski definition) is 0. The van der Waals surface area contributed by atoms with E-state index in [4.69, 9.17) is 4.98 Å². The van der Waals surface area contributed by atoms with Gasteiger partial charge in [-0.05, 0) is 39.0 Å². The molecule has 1 saturated heterocycles. The van der Waals surface area contributed by atoms with Crippen LogP contribution in [-0.2, 0) is 12.8 Å². The maximum absolute atomic E-state index is 13.3. The summed E-state index contributed by atoms with van der Waals surface area (Å²) in [5.74, 6) is 3.36. The van der Waals surface area contributed by atoms with Gasteiger partial charge in [0.15, 0.2) is 0 Å². The molecule has 0 spiro atoms. The number of rotatable bonds is 4. The number of fused-ring (bicyclic) bond motifs is 1. The Hall–Kier alpha value is -2.38. The van der Waals surface area contributed by atoms with Crippen molar-refractivity contribution in [1.29, 1.82) is 0 Å². The lowest BCUT2D eigenvalue weighted by molar-refractivity contribution is 0.145. The second-order valence-electron chi connectivity index (χ2n) is 7.93. The average Bonchev–Trinajstić information content (AvgIpc) is 3.45. The van der Waals surface area contributed by atoms with Gasteiger partial charge in [0.2, 0.25) is 0 Å². The van der Waals surface area contributed by atoms with Gasteiger partial charge in [0, 0.05) is 49.4 Å². The first-order valence-electron chi connectivity index (χ1n) is 10.1. The number of anilines is 2. The molecule has 6 nitrogen and oxygen atoms in total. The molecule has 148 valence electrons. The molecule has 5 rings (SSSR count). The highest BCUT2D eigenvalue weighted by Gasteiger charge is 2.30. The van der Waals surface area contributed by atoms with Crippen molar-refractivity contribution in [3.05, 3.63) is 34.7 Å². The number of aromatic nitrogens is 4. The second-order valence-corrected chi connectivity index (χ2v) is 7.93. The average molecular weight is 386 g/mol. The third kappa shape index (κ3) is 3.29. The maximum Gasteiger partial charge on any atom is 0.280 e. The number of aryl methyl sites for hydroxylation is 2. The largest absolute Gasteiger partial charge is 0.353 e. The van der Waals surface area contributed by atoms with Crippen molar-refractivity contribution in [3.63, 3.8) is 0 Å². The molecule has 0 radical (unpaired) electrons. The lowest BCUT2D eigenvalue weighted by atomic mass is 10.2. The van der Waals surface area contributed by atoms with Gasteiger partial charge < -0.3 is 9.80 Å². The molecule has 2 aliphatic carbocycles. The van der Waals surface area contributed by atoms with E-state index in [-0.39, 0.29) is 11.6 Å². The van der Waals surface area contributed by atoms with Crippen molar-refractivity contribution in [3.8, 4) is 0 Å². The van der Waals surface area contributed by atoms with Crippen LogP contribution in [0.2, 0.25) is 0 Å². The van der Waals surface area contributed by atoms with Crippen LogP contribution in [0.4, 0.5) is 20.4 Å². The first kappa shape index (κ1) is 17.7. The zero-order valence-electron chi connectivity index (χ0n) is 16.0. The summed E-state index contributed by atoms with van der Waals surface area (Å²) < 4.78 is 26.6. The van der Waals surface area contributed by atoms with Crippen molar-refractivity contribution in [2.75, 3.05) is 36.0 Å². The van der Waals surface area contributed by atoms with E-state index in [2.05, 4.69) is 24.8 Å². The van der Waals surface area contributed by atoms with E-state index >= 15 is 0 Å². The summed E-state index contributed by atoms with van der Waals surface area (Å²) in [6.45, 7) is 5.03. The number of alkyl halides is 2. The minimum atomic E-state index is -2.56. The van der Waals surface area contributed by atoms with Crippen LogP contribution in [0.5, 0.6) is 0 Å². The highest BCUT2D eigenvalue weighted by Crippen LogP contribution is 2.39. The lowest BCUT2D eigenvalue weighted by Crippen LogP contribution is -2.47. The highest BCUT2D eigenvalue weighted by molar-refractivity contribution is 5.53. The van der Waals surface area contributed by atoms with Gasteiger partial charge in [-0.1, -0.05) is 0 Å². The fraction of sp³-hybridized carbons (Fsp3) is 0.600. The molecule has 1 saturated carbocycles. The molecule has 0 aromatic carbocycles. The van der Waals surface area contributed by atoms with Crippen LogP contribution in [0.1, 0.15) is 60.2 Å². The highest BCUT2D eigenvalue weighted by atomic mass is 19.3. The summed E-state index contributed by atoms with van der Waals surface area (Å²) in [7, 11) is 0. The minimum absolute atomic E-state index is 0.154. The van der Waals surface area contributed by atoms with Crippen molar-refractivity contribution < 1.29 is 8.78 Å². The Morgan fingerprint density at radius 3 is 2.43 bits per heavy atom. The van der Waals surface area contributed by atoms with E-state index < -0.39 is 6.43 Å². The molecule has 8 heteroatoms. The Labute approximate surface area is 163 Å². The maximum atomic E-state index is 13.3. The summed E-state index contributed by atoms with van der Waals surface area (Å²) in [6.07, 6.45) is 2.65. The minimum Gasteiger partial charge on any atom is -0.353 e. The molecular weight excluding hydrogens is 362 g/mol. The molecular formula is C20H24F2N6. The van der Waals surface area contributed by atoms with Gasteiger partial charge in [0.05, 0.1) is 0 Å². The van der Waals surface area contributed by atoms with Crippen LogP contribution < -0.4 is 9.80 Å². The van der Waals surface area contributed by atoms with Crippen molar-refractivity contribution >= 4 is 11.6 Å². The van der Waals surface area contributed by atoms with Crippen molar-refractivity contribution in [1.82, 2.24) is 19.9 Å². The quantitative estimate of drug-likeness (QED) is 0.804. The number of piperazine rings is 1. The standard InChI is InChI=1S/C20H24F2N6/c1-12-23-15-4-2-3-14(15)20(24-12)28-9-7-27(8-10-28)17-11-16(18(21)22)25-19(26-17)13-5-6-13/h11,13,18H,2-10H2,1H3. The topological polar surface area (TPSA) is 58.0 Å². The predicted molar refractivity (Wildman–Crippen MR) is 102 cm³/mol. The number of nitrogens with zero attached hydrogens (tertiary/aromatic N) is 6. The third-order valence-electron chi connectivity index (χ3n) is 5.84. The van der Waals surface area contributed by atoms with Crippen molar-refractivity contribution in [2.24, 2.45) is 0 Å². The van der Waals surface area contributed by atoms with Crippen LogP contribution in [0.3, 0.4) is 0 Å². The normalized spacial score (nSPS) is 19.4. The molecule has 0 unspecified atom stereocenters. The van der Waals surface area contributed by atoms with E-state index in [1.165, 1.54) is 17.3 Å². The van der Waals surface area contributed by atoms with Gasteiger partial charge in [-0.25, -0.2) is 28.7 Å². The first-order valence-corrected chi connectivity index (χ1v) is 10.1. The Balaban J connectivity index is 1.36. The number of hydrogen-bond acceptors (Lipinski definition) is 6. The monoisotopic (exact) mass is 386 g/mol. The van der Waals surface area contributed by atoms with Gasteiger partial charge in [-0.3, -0.25) is 0 Å². The summed E-state index contributed by atoms with van der Waals surface area (Å²) in [4.78, 5) is 22.4. The molecule has 2 aromatic rings. The van der Waals surface area contributed by atoms with Crippen LogP contribution in [0, 0.1) is 6.92 Å². The summed E-state index contributed by atoms with van der Waals surface area (Å²) in [6, 6.07) is 1.46.